The van der Waals surface area contributed by atoms with Crippen molar-refractivity contribution in [2.24, 2.45) is 16.3 Å². The number of hydrogen-bond acceptors (Lipinski definition) is 4. The summed E-state index contributed by atoms with van der Waals surface area (Å²) < 4.78 is 5.65. The van der Waals surface area contributed by atoms with Crippen molar-refractivity contribution in [3.63, 3.8) is 0 Å². The number of likely N-dealkylation sites (N-methyl/N-ethyl adjacent to an activating group) is 1. The molecule has 3 heterocycles. The summed E-state index contributed by atoms with van der Waals surface area (Å²) >= 11 is 0. The largest absolute Gasteiger partial charge is 0.381 e. The van der Waals surface area contributed by atoms with Crippen LogP contribution in [0.15, 0.2) is 4.99 Å². The molecule has 0 aromatic heterocycles. The predicted octanol–water partition coefficient (Wildman–Crippen LogP) is 1.57. The lowest BCUT2D eigenvalue weighted by Crippen LogP contribution is -2.49. The summed E-state index contributed by atoms with van der Waals surface area (Å²) in [5.74, 6) is 1.71. The van der Waals surface area contributed by atoms with Gasteiger partial charge in [-0.2, -0.15) is 0 Å². The first kappa shape index (κ1) is 22.2. The summed E-state index contributed by atoms with van der Waals surface area (Å²) in [6.45, 7) is 16.9. The van der Waals surface area contributed by atoms with Gasteiger partial charge in [-0.3, -0.25) is 4.99 Å². The van der Waals surface area contributed by atoms with Crippen LogP contribution in [0.4, 0.5) is 0 Å². The average molecular weight is 479 g/mol. The molecule has 2 unspecified atom stereocenters. The van der Waals surface area contributed by atoms with Crippen LogP contribution < -0.4 is 5.32 Å². The molecule has 152 valence electrons. The highest BCUT2D eigenvalue weighted by molar-refractivity contribution is 14.0. The van der Waals surface area contributed by atoms with Gasteiger partial charge in [-0.15, -0.1) is 24.0 Å². The van der Waals surface area contributed by atoms with E-state index in [1.54, 1.807) is 0 Å². The van der Waals surface area contributed by atoms with Crippen molar-refractivity contribution in [3.05, 3.63) is 0 Å². The molecule has 0 aliphatic carbocycles. The lowest BCUT2D eigenvalue weighted by Gasteiger charge is -2.35. The van der Waals surface area contributed by atoms with Crippen molar-refractivity contribution in [1.29, 1.82) is 0 Å². The van der Waals surface area contributed by atoms with E-state index in [9.17, 15) is 0 Å². The Bertz CT molecular complexity index is 447. The second-order valence-electron chi connectivity index (χ2n) is 8.24. The highest BCUT2D eigenvalue weighted by Crippen LogP contribution is 2.38. The van der Waals surface area contributed by atoms with E-state index in [0.29, 0.717) is 11.3 Å². The summed E-state index contributed by atoms with van der Waals surface area (Å²) in [6.07, 6.45) is 2.45. The number of likely N-dealkylation sites (tertiary alicyclic amines) is 1. The monoisotopic (exact) mass is 479 g/mol. The number of nitrogens with zero attached hydrogens (tertiary/aromatic N) is 4. The maximum Gasteiger partial charge on any atom is 0.193 e. The van der Waals surface area contributed by atoms with E-state index in [4.69, 9.17) is 4.74 Å². The third-order valence-electron chi connectivity index (χ3n) is 6.23. The average Bonchev–Trinajstić information content (AvgIpc) is 3.26. The normalized spacial score (nSPS) is 29.2. The van der Waals surface area contributed by atoms with Crippen LogP contribution in [0.1, 0.15) is 26.7 Å². The van der Waals surface area contributed by atoms with Gasteiger partial charge in [0.2, 0.25) is 0 Å². The number of guanidine groups is 1. The molecule has 2 atom stereocenters. The van der Waals surface area contributed by atoms with Crippen molar-refractivity contribution in [2.75, 3.05) is 79.2 Å². The van der Waals surface area contributed by atoms with E-state index >= 15 is 0 Å². The number of hydrogen-bond donors (Lipinski definition) is 1. The zero-order chi connectivity index (χ0) is 17.7. The van der Waals surface area contributed by atoms with Gasteiger partial charge >= 0.3 is 0 Å². The van der Waals surface area contributed by atoms with E-state index in [2.05, 4.69) is 38.9 Å². The first-order valence-electron chi connectivity index (χ1n) is 10.1. The van der Waals surface area contributed by atoms with Crippen molar-refractivity contribution < 1.29 is 4.74 Å². The maximum absolute atomic E-state index is 5.65. The Kier molecular flexibility index (Phi) is 8.90. The summed E-state index contributed by atoms with van der Waals surface area (Å²) in [5, 5.41) is 3.63. The van der Waals surface area contributed by atoms with Gasteiger partial charge < -0.3 is 24.8 Å². The van der Waals surface area contributed by atoms with Crippen LogP contribution in [0, 0.1) is 11.3 Å². The zero-order valence-corrected chi connectivity index (χ0v) is 19.2. The van der Waals surface area contributed by atoms with E-state index in [1.165, 1.54) is 52.1 Å². The lowest BCUT2D eigenvalue weighted by atomic mass is 9.87. The molecule has 1 spiro atoms. The molecule has 3 rings (SSSR count). The summed E-state index contributed by atoms with van der Waals surface area (Å²) in [5.41, 5.74) is 0.391. The number of aliphatic imine (C=N–C) groups is 1. The highest BCUT2D eigenvalue weighted by atomic mass is 127. The van der Waals surface area contributed by atoms with Gasteiger partial charge in [0.25, 0.3) is 0 Å². The molecule has 0 aromatic carbocycles. The van der Waals surface area contributed by atoms with E-state index < -0.39 is 0 Å². The second-order valence-corrected chi connectivity index (χ2v) is 8.24. The van der Waals surface area contributed by atoms with Gasteiger partial charge in [-0.1, -0.05) is 13.8 Å². The van der Waals surface area contributed by atoms with Crippen molar-refractivity contribution in [1.82, 2.24) is 20.0 Å². The first-order valence-corrected chi connectivity index (χ1v) is 10.1. The molecule has 6 nitrogen and oxygen atoms in total. The SMILES string of the molecule is CCN1CCN(CC(C)CNC(=NC)N2CCC3(CCOC3)C2)CC1.I. The van der Waals surface area contributed by atoms with Crippen molar-refractivity contribution in [3.8, 4) is 0 Å². The third kappa shape index (κ3) is 5.69. The Morgan fingerprint density at radius 1 is 1.15 bits per heavy atom. The first-order chi connectivity index (χ1) is 12.1. The minimum Gasteiger partial charge on any atom is -0.381 e. The fraction of sp³-hybridized carbons (Fsp3) is 0.947. The molecule has 0 saturated carbocycles. The predicted molar refractivity (Wildman–Crippen MR) is 119 cm³/mol. The fourth-order valence-electron chi connectivity index (χ4n) is 4.48. The molecule has 1 N–H and O–H groups in total. The third-order valence-corrected chi connectivity index (χ3v) is 6.23. The van der Waals surface area contributed by atoms with E-state index in [-0.39, 0.29) is 24.0 Å². The minimum atomic E-state index is 0. The second kappa shape index (κ2) is 10.4. The molecule has 7 heteroatoms. The molecule has 3 aliphatic rings. The fourth-order valence-corrected chi connectivity index (χ4v) is 4.48. The highest BCUT2D eigenvalue weighted by Gasteiger charge is 2.42. The minimum absolute atomic E-state index is 0. The molecule has 3 fully saturated rings. The quantitative estimate of drug-likeness (QED) is 0.369. The molecule has 3 aliphatic heterocycles. The topological polar surface area (TPSA) is 43.3 Å². The summed E-state index contributed by atoms with van der Waals surface area (Å²) in [6, 6.07) is 0. The number of halogens is 1. The van der Waals surface area contributed by atoms with Crippen LogP contribution in [-0.4, -0.2) is 99.8 Å². The van der Waals surface area contributed by atoms with Gasteiger partial charge in [0.15, 0.2) is 5.96 Å². The summed E-state index contributed by atoms with van der Waals surface area (Å²) in [7, 11) is 1.91. The smallest absolute Gasteiger partial charge is 0.193 e. The number of rotatable bonds is 5. The van der Waals surface area contributed by atoms with Gasteiger partial charge in [0.05, 0.1) is 6.61 Å². The summed E-state index contributed by atoms with van der Waals surface area (Å²) in [4.78, 5) is 12.1. The van der Waals surface area contributed by atoms with Crippen LogP contribution >= 0.6 is 24.0 Å². The Hall–Kier alpha value is -0.120. The Labute approximate surface area is 176 Å². The Morgan fingerprint density at radius 3 is 2.50 bits per heavy atom. The van der Waals surface area contributed by atoms with Gasteiger partial charge in [0.1, 0.15) is 0 Å². The Morgan fingerprint density at radius 2 is 1.88 bits per heavy atom. The Balaban J connectivity index is 0.00000243. The van der Waals surface area contributed by atoms with E-state index in [0.717, 1.165) is 38.8 Å². The van der Waals surface area contributed by atoms with Crippen molar-refractivity contribution in [2.45, 2.75) is 26.7 Å². The molecule has 3 saturated heterocycles. The van der Waals surface area contributed by atoms with E-state index in [1.807, 2.05) is 7.05 Å². The molecular weight excluding hydrogens is 441 g/mol. The van der Waals surface area contributed by atoms with Gasteiger partial charge in [-0.25, -0.2) is 0 Å². The molecule has 0 amide bonds. The van der Waals surface area contributed by atoms with Gasteiger partial charge in [0, 0.05) is 71.4 Å². The molecule has 0 radical (unpaired) electrons. The molecule has 0 bridgehead atoms. The van der Waals surface area contributed by atoms with Crippen LogP contribution in [0.2, 0.25) is 0 Å². The molecule has 26 heavy (non-hydrogen) atoms. The van der Waals surface area contributed by atoms with Crippen LogP contribution in [0.5, 0.6) is 0 Å². The number of nitrogens with one attached hydrogen (secondary N) is 1. The number of ether oxygens (including phenoxy) is 1. The number of piperazine rings is 1. The molecule has 0 aromatic rings. The maximum atomic E-state index is 5.65. The zero-order valence-electron chi connectivity index (χ0n) is 16.9. The van der Waals surface area contributed by atoms with Gasteiger partial charge in [-0.05, 0) is 25.3 Å². The van der Waals surface area contributed by atoms with Crippen LogP contribution in [-0.2, 0) is 4.74 Å². The van der Waals surface area contributed by atoms with Crippen molar-refractivity contribution >= 4 is 29.9 Å². The standard InChI is InChI=1S/C19H37N5O.HI/c1-4-22-8-10-23(11-9-22)14-17(2)13-21-18(20-3)24-7-5-19(15-24)6-12-25-16-19;/h17H,4-16H2,1-3H3,(H,20,21);1H. The van der Waals surface area contributed by atoms with Crippen LogP contribution in [0.25, 0.3) is 0 Å². The lowest BCUT2D eigenvalue weighted by molar-refractivity contribution is 0.124. The van der Waals surface area contributed by atoms with Crippen LogP contribution in [0.3, 0.4) is 0 Å². The molecular formula is C19H38IN5O.